The van der Waals surface area contributed by atoms with Gasteiger partial charge < -0.3 is 19.1 Å². The normalized spacial score (nSPS) is 10.9. The lowest BCUT2D eigenvalue weighted by atomic mass is 10.1. The van der Waals surface area contributed by atoms with Crippen molar-refractivity contribution in [2.24, 2.45) is 0 Å². The van der Waals surface area contributed by atoms with Crippen LogP contribution in [0.1, 0.15) is 25.3 Å². The molecule has 0 spiro atoms. The molecule has 0 amide bonds. The lowest BCUT2D eigenvalue weighted by molar-refractivity contribution is -0.140. The van der Waals surface area contributed by atoms with Crippen LogP contribution in [0.2, 0.25) is 0 Å². The van der Waals surface area contributed by atoms with Crippen LogP contribution in [-0.2, 0) is 16.0 Å². The number of esters is 1. The Morgan fingerprint density at radius 3 is 2.46 bits per heavy atom. The Balaban J connectivity index is 1.66. The number of imidazole rings is 1. The van der Waals surface area contributed by atoms with Crippen LogP contribution in [0.15, 0.2) is 60.9 Å². The zero-order chi connectivity index (χ0) is 24.8. The van der Waals surface area contributed by atoms with Crippen LogP contribution in [0.25, 0.3) is 16.9 Å². The highest BCUT2D eigenvalue weighted by molar-refractivity contribution is 5.71. The molecule has 0 N–H and O–H groups in total. The van der Waals surface area contributed by atoms with E-state index < -0.39 is 0 Å². The lowest BCUT2D eigenvalue weighted by Crippen LogP contribution is -2.20. The molecule has 4 aromatic rings. The first-order valence-electron chi connectivity index (χ1n) is 11.6. The molecule has 182 valence electrons. The molecular weight excluding hydrogens is 444 g/mol. The minimum absolute atomic E-state index is 0.177. The molecule has 0 radical (unpaired) electrons. The maximum absolute atomic E-state index is 11.4. The van der Waals surface area contributed by atoms with E-state index in [0.29, 0.717) is 17.9 Å². The van der Waals surface area contributed by atoms with Crippen LogP contribution < -0.4 is 14.4 Å². The van der Waals surface area contributed by atoms with Crippen molar-refractivity contribution in [1.82, 2.24) is 14.4 Å². The minimum atomic E-state index is -0.177. The van der Waals surface area contributed by atoms with Gasteiger partial charge in [-0.05, 0) is 55.7 Å². The monoisotopic (exact) mass is 474 g/mol. The topological polar surface area (TPSA) is 78.2 Å². The second kappa shape index (κ2) is 10.9. The van der Waals surface area contributed by atoms with Gasteiger partial charge in [0.1, 0.15) is 5.65 Å². The number of fused-ring (bicyclic) bond motifs is 1. The number of rotatable bonds is 10. The summed E-state index contributed by atoms with van der Waals surface area (Å²) in [5.74, 6) is 1.90. The summed E-state index contributed by atoms with van der Waals surface area (Å²) in [5, 5.41) is 0. The smallest absolute Gasteiger partial charge is 0.305 e. The van der Waals surface area contributed by atoms with Gasteiger partial charge in [0.15, 0.2) is 11.5 Å². The molecule has 35 heavy (non-hydrogen) atoms. The van der Waals surface area contributed by atoms with Gasteiger partial charge in [-0.3, -0.25) is 9.20 Å². The Labute approximate surface area is 205 Å². The van der Waals surface area contributed by atoms with Crippen molar-refractivity contribution >= 4 is 23.3 Å². The largest absolute Gasteiger partial charge is 0.493 e. The summed E-state index contributed by atoms with van der Waals surface area (Å²) in [6, 6.07) is 16.1. The number of methoxy groups -OCH3 is 3. The molecule has 0 aliphatic rings. The van der Waals surface area contributed by atoms with Crippen LogP contribution in [0.4, 0.5) is 11.6 Å². The highest BCUT2D eigenvalue weighted by atomic mass is 16.5. The highest BCUT2D eigenvalue weighted by Crippen LogP contribution is 2.34. The van der Waals surface area contributed by atoms with E-state index in [2.05, 4.69) is 41.1 Å². The van der Waals surface area contributed by atoms with Gasteiger partial charge in [0.25, 0.3) is 0 Å². The molecule has 2 heterocycles. The van der Waals surface area contributed by atoms with E-state index in [1.54, 1.807) is 20.4 Å². The zero-order valence-electron chi connectivity index (χ0n) is 20.5. The Kier molecular flexibility index (Phi) is 7.50. The molecule has 0 fully saturated rings. The molecule has 0 saturated carbocycles. The first kappa shape index (κ1) is 24.1. The number of anilines is 2. The molecule has 2 aromatic carbocycles. The van der Waals surface area contributed by atoms with Gasteiger partial charge in [0.2, 0.25) is 5.95 Å². The fourth-order valence-electron chi connectivity index (χ4n) is 4.06. The summed E-state index contributed by atoms with van der Waals surface area (Å²) in [4.78, 5) is 23.1. The number of benzene rings is 2. The first-order chi connectivity index (χ1) is 17.1. The summed E-state index contributed by atoms with van der Waals surface area (Å²) >= 11 is 0. The van der Waals surface area contributed by atoms with Crippen molar-refractivity contribution in [3.05, 3.63) is 66.5 Å². The molecule has 4 rings (SSSR count). The minimum Gasteiger partial charge on any atom is -0.493 e. The average Bonchev–Trinajstić information content (AvgIpc) is 3.38. The predicted molar refractivity (Wildman–Crippen MR) is 136 cm³/mol. The van der Waals surface area contributed by atoms with Crippen molar-refractivity contribution in [1.29, 1.82) is 0 Å². The second-order valence-corrected chi connectivity index (χ2v) is 8.01. The SMILES string of the molecule is CCN(c1ccc(CCCC(=O)OC)cc1)c1nc(-c2ccc(OC)c(OC)c2)cc2nccn12. The van der Waals surface area contributed by atoms with Gasteiger partial charge in [-0.15, -0.1) is 0 Å². The summed E-state index contributed by atoms with van der Waals surface area (Å²) < 4.78 is 17.6. The number of aromatic nitrogens is 3. The van der Waals surface area contributed by atoms with Crippen molar-refractivity contribution in [3.63, 3.8) is 0 Å². The van der Waals surface area contributed by atoms with Gasteiger partial charge in [-0.2, -0.15) is 0 Å². The fraction of sp³-hybridized carbons (Fsp3) is 0.296. The summed E-state index contributed by atoms with van der Waals surface area (Å²) in [5.41, 5.74) is 4.70. The summed E-state index contributed by atoms with van der Waals surface area (Å²) in [7, 11) is 4.66. The van der Waals surface area contributed by atoms with E-state index in [1.807, 2.05) is 34.9 Å². The van der Waals surface area contributed by atoms with Crippen molar-refractivity contribution in [2.75, 3.05) is 32.8 Å². The zero-order valence-corrected chi connectivity index (χ0v) is 20.5. The van der Waals surface area contributed by atoms with Crippen LogP contribution in [-0.4, -0.2) is 48.2 Å². The molecule has 0 aliphatic heterocycles. The van der Waals surface area contributed by atoms with Crippen molar-refractivity contribution in [2.45, 2.75) is 26.2 Å². The van der Waals surface area contributed by atoms with Gasteiger partial charge in [0.05, 0.1) is 27.0 Å². The van der Waals surface area contributed by atoms with Gasteiger partial charge >= 0.3 is 5.97 Å². The number of nitrogens with zero attached hydrogens (tertiary/aromatic N) is 4. The molecular formula is C27H30N4O4. The Morgan fingerprint density at radius 2 is 1.77 bits per heavy atom. The maximum Gasteiger partial charge on any atom is 0.305 e. The quantitative estimate of drug-likeness (QED) is 0.297. The average molecular weight is 475 g/mol. The lowest BCUT2D eigenvalue weighted by Gasteiger charge is -2.24. The third-order valence-corrected chi connectivity index (χ3v) is 5.93. The number of hydrogen-bond donors (Lipinski definition) is 0. The molecule has 0 aliphatic carbocycles. The van der Waals surface area contributed by atoms with Crippen LogP contribution in [0.5, 0.6) is 11.5 Å². The van der Waals surface area contributed by atoms with E-state index in [0.717, 1.165) is 47.9 Å². The molecule has 0 bridgehead atoms. The molecule has 0 atom stereocenters. The highest BCUT2D eigenvalue weighted by Gasteiger charge is 2.17. The van der Waals surface area contributed by atoms with Crippen LogP contribution in [0, 0.1) is 0 Å². The first-order valence-corrected chi connectivity index (χ1v) is 11.6. The molecule has 8 heteroatoms. The fourth-order valence-corrected chi connectivity index (χ4v) is 4.06. The third-order valence-electron chi connectivity index (χ3n) is 5.93. The predicted octanol–water partition coefficient (Wildman–Crippen LogP) is 5.07. The number of aryl methyl sites for hydroxylation is 1. The molecule has 0 unspecified atom stereocenters. The van der Waals surface area contributed by atoms with Crippen LogP contribution in [0.3, 0.4) is 0 Å². The summed E-state index contributed by atoms with van der Waals surface area (Å²) in [6.45, 7) is 2.81. The van der Waals surface area contributed by atoms with Crippen molar-refractivity contribution in [3.8, 4) is 22.8 Å². The summed E-state index contributed by atoms with van der Waals surface area (Å²) in [6.07, 6.45) is 5.69. The number of hydrogen-bond acceptors (Lipinski definition) is 7. The van der Waals surface area contributed by atoms with Gasteiger partial charge in [0, 0.05) is 42.7 Å². The molecule has 0 saturated heterocycles. The molecule has 8 nitrogen and oxygen atoms in total. The Bertz CT molecular complexity index is 1300. The number of ether oxygens (including phenoxy) is 3. The molecule has 2 aromatic heterocycles. The standard InChI is InChI=1S/C27H30N4O4/c1-5-30(21-12-9-19(10-13-21)7-6-8-26(32)35-4)27-29-22(18-25-28-15-16-31(25)27)20-11-14-23(33-2)24(17-20)34-3/h9-18H,5-8H2,1-4H3. The van der Waals surface area contributed by atoms with Crippen molar-refractivity contribution < 1.29 is 19.0 Å². The van der Waals surface area contributed by atoms with Gasteiger partial charge in [-0.1, -0.05) is 12.1 Å². The maximum atomic E-state index is 11.4. The van der Waals surface area contributed by atoms with E-state index in [-0.39, 0.29) is 5.97 Å². The Morgan fingerprint density at radius 1 is 1.00 bits per heavy atom. The Hall–Kier alpha value is -4.07. The van der Waals surface area contributed by atoms with Gasteiger partial charge in [-0.25, -0.2) is 9.97 Å². The number of carbonyl (C=O) groups excluding carboxylic acids is 1. The second-order valence-electron chi connectivity index (χ2n) is 8.01. The number of carbonyl (C=O) groups is 1. The third kappa shape index (κ3) is 5.21. The van der Waals surface area contributed by atoms with E-state index >= 15 is 0 Å². The van der Waals surface area contributed by atoms with E-state index in [9.17, 15) is 4.79 Å². The van der Waals surface area contributed by atoms with Crippen LogP contribution >= 0.6 is 0 Å². The van der Waals surface area contributed by atoms with E-state index in [4.69, 9.17) is 19.2 Å². The van der Waals surface area contributed by atoms with E-state index in [1.165, 1.54) is 12.7 Å².